The van der Waals surface area contributed by atoms with E-state index in [0.717, 1.165) is 0 Å². The fourth-order valence-corrected chi connectivity index (χ4v) is 1.33. The van der Waals surface area contributed by atoms with Gasteiger partial charge in [-0.15, -0.1) is 0 Å². The number of amides is 1. The molecule has 0 unspecified atom stereocenters. The molecule has 1 rings (SSSR count). The highest BCUT2D eigenvalue weighted by atomic mass is 16.2. The van der Waals surface area contributed by atoms with Gasteiger partial charge < -0.3 is 4.90 Å². The van der Waals surface area contributed by atoms with Crippen LogP contribution in [-0.4, -0.2) is 18.7 Å². The van der Waals surface area contributed by atoms with Crippen LogP contribution in [0.15, 0.2) is 24.3 Å². The standard InChI is InChI=1S/C12H12N2O2/c1-9(15)7-12(16)14(2)11-6-4-3-5-10(11)8-13/h3-6H,7H2,1-2H3. The van der Waals surface area contributed by atoms with Gasteiger partial charge in [-0.05, 0) is 19.1 Å². The van der Waals surface area contributed by atoms with Gasteiger partial charge >= 0.3 is 0 Å². The van der Waals surface area contributed by atoms with Crippen LogP contribution < -0.4 is 4.90 Å². The van der Waals surface area contributed by atoms with Crippen LogP contribution in [0, 0.1) is 11.3 Å². The molecule has 0 saturated carbocycles. The minimum absolute atomic E-state index is 0.143. The Morgan fingerprint density at radius 1 is 1.38 bits per heavy atom. The van der Waals surface area contributed by atoms with Gasteiger partial charge in [0.1, 0.15) is 11.9 Å². The van der Waals surface area contributed by atoms with Gasteiger partial charge in [0.15, 0.2) is 0 Å². The van der Waals surface area contributed by atoms with Crippen molar-refractivity contribution in [1.82, 2.24) is 0 Å². The third-order valence-corrected chi connectivity index (χ3v) is 2.16. The molecule has 16 heavy (non-hydrogen) atoms. The van der Waals surface area contributed by atoms with Crippen LogP contribution in [0.1, 0.15) is 18.9 Å². The van der Waals surface area contributed by atoms with Crippen LogP contribution in [-0.2, 0) is 9.59 Å². The van der Waals surface area contributed by atoms with Gasteiger partial charge in [-0.2, -0.15) is 5.26 Å². The molecular formula is C12H12N2O2. The molecular weight excluding hydrogens is 204 g/mol. The van der Waals surface area contributed by atoms with Gasteiger partial charge in [0.2, 0.25) is 5.91 Å². The van der Waals surface area contributed by atoms with Gasteiger partial charge in [-0.25, -0.2) is 0 Å². The predicted octanol–water partition coefficient (Wildman–Crippen LogP) is 1.50. The van der Waals surface area contributed by atoms with E-state index in [2.05, 4.69) is 0 Å². The summed E-state index contributed by atoms with van der Waals surface area (Å²) in [6.45, 7) is 1.36. The van der Waals surface area contributed by atoms with E-state index in [0.29, 0.717) is 11.3 Å². The lowest BCUT2D eigenvalue weighted by molar-refractivity contribution is -0.125. The third kappa shape index (κ3) is 2.67. The molecule has 4 heteroatoms. The van der Waals surface area contributed by atoms with Crippen molar-refractivity contribution in [3.63, 3.8) is 0 Å². The molecule has 1 aromatic carbocycles. The molecule has 0 saturated heterocycles. The van der Waals surface area contributed by atoms with E-state index in [1.54, 1.807) is 31.3 Å². The molecule has 0 aliphatic heterocycles. The zero-order valence-corrected chi connectivity index (χ0v) is 9.23. The highest BCUT2D eigenvalue weighted by molar-refractivity contribution is 6.05. The second kappa shape index (κ2) is 5.08. The fraction of sp³-hybridized carbons (Fsp3) is 0.250. The number of nitrogens with zero attached hydrogens (tertiary/aromatic N) is 2. The molecule has 0 N–H and O–H groups in total. The molecule has 0 atom stereocenters. The van der Waals surface area contributed by atoms with Crippen molar-refractivity contribution in [3.8, 4) is 6.07 Å². The molecule has 0 bridgehead atoms. The highest BCUT2D eigenvalue weighted by Crippen LogP contribution is 2.18. The first-order valence-electron chi connectivity index (χ1n) is 4.81. The second-order valence-corrected chi connectivity index (χ2v) is 3.46. The topological polar surface area (TPSA) is 61.2 Å². The van der Waals surface area contributed by atoms with Crippen LogP contribution in [0.4, 0.5) is 5.69 Å². The quantitative estimate of drug-likeness (QED) is 0.719. The summed E-state index contributed by atoms with van der Waals surface area (Å²) >= 11 is 0. The first-order valence-corrected chi connectivity index (χ1v) is 4.81. The van der Waals surface area contributed by atoms with Crippen molar-refractivity contribution >= 4 is 17.4 Å². The molecule has 0 aromatic heterocycles. The van der Waals surface area contributed by atoms with Crippen molar-refractivity contribution < 1.29 is 9.59 Å². The molecule has 0 aliphatic rings. The van der Waals surface area contributed by atoms with Gasteiger partial charge in [-0.1, -0.05) is 12.1 Å². The van der Waals surface area contributed by atoms with E-state index in [4.69, 9.17) is 5.26 Å². The summed E-state index contributed by atoms with van der Waals surface area (Å²) in [5.41, 5.74) is 0.943. The monoisotopic (exact) mass is 216 g/mol. The summed E-state index contributed by atoms with van der Waals surface area (Å²) < 4.78 is 0. The van der Waals surface area contributed by atoms with Gasteiger partial charge in [0, 0.05) is 7.05 Å². The van der Waals surface area contributed by atoms with Crippen LogP contribution in [0.25, 0.3) is 0 Å². The Morgan fingerprint density at radius 3 is 2.56 bits per heavy atom. The zero-order chi connectivity index (χ0) is 12.1. The lowest BCUT2D eigenvalue weighted by Crippen LogP contribution is -2.28. The number of benzene rings is 1. The molecule has 82 valence electrons. The zero-order valence-electron chi connectivity index (χ0n) is 9.23. The van der Waals surface area contributed by atoms with E-state index in [1.165, 1.54) is 11.8 Å². The Hall–Kier alpha value is -2.15. The third-order valence-electron chi connectivity index (χ3n) is 2.16. The molecule has 1 aromatic rings. The number of rotatable bonds is 3. The number of hydrogen-bond donors (Lipinski definition) is 0. The molecule has 0 aliphatic carbocycles. The Morgan fingerprint density at radius 2 is 2.00 bits per heavy atom. The number of hydrogen-bond acceptors (Lipinski definition) is 3. The number of carbonyl (C=O) groups excluding carboxylic acids is 2. The van der Waals surface area contributed by atoms with Gasteiger partial charge in [-0.3, -0.25) is 9.59 Å². The predicted molar refractivity (Wildman–Crippen MR) is 59.9 cm³/mol. The first kappa shape index (κ1) is 11.9. The summed E-state index contributed by atoms with van der Waals surface area (Å²) in [5, 5.41) is 8.88. The minimum Gasteiger partial charge on any atom is -0.314 e. The Bertz CT molecular complexity index is 460. The Kier molecular flexibility index (Phi) is 3.78. The van der Waals surface area contributed by atoms with E-state index in [1.807, 2.05) is 6.07 Å². The maximum atomic E-state index is 11.6. The van der Waals surface area contributed by atoms with E-state index in [-0.39, 0.29) is 18.1 Å². The number of carbonyl (C=O) groups is 2. The van der Waals surface area contributed by atoms with Crippen LogP contribution in [0.5, 0.6) is 0 Å². The van der Waals surface area contributed by atoms with Crippen molar-refractivity contribution in [2.45, 2.75) is 13.3 Å². The van der Waals surface area contributed by atoms with Crippen LogP contribution >= 0.6 is 0 Å². The molecule has 0 spiro atoms. The normalized spacial score (nSPS) is 9.31. The maximum Gasteiger partial charge on any atom is 0.234 e. The summed E-state index contributed by atoms with van der Waals surface area (Å²) in [4.78, 5) is 23.8. The average Bonchev–Trinajstić information content (AvgIpc) is 2.27. The van der Waals surface area contributed by atoms with Crippen LogP contribution in [0.2, 0.25) is 0 Å². The number of nitriles is 1. The number of ketones is 1. The van der Waals surface area contributed by atoms with Crippen molar-refractivity contribution in [3.05, 3.63) is 29.8 Å². The average molecular weight is 216 g/mol. The van der Waals surface area contributed by atoms with Crippen LogP contribution in [0.3, 0.4) is 0 Å². The smallest absolute Gasteiger partial charge is 0.234 e. The summed E-state index contributed by atoms with van der Waals surface area (Å²) in [6, 6.07) is 8.79. The maximum absolute atomic E-state index is 11.6. The minimum atomic E-state index is -0.310. The SMILES string of the molecule is CC(=O)CC(=O)N(C)c1ccccc1C#N. The fourth-order valence-electron chi connectivity index (χ4n) is 1.33. The summed E-state index contributed by atoms with van der Waals surface area (Å²) in [7, 11) is 1.56. The number of para-hydroxylation sites is 1. The van der Waals surface area contributed by atoms with E-state index < -0.39 is 0 Å². The largest absolute Gasteiger partial charge is 0.314 e. The summed E-state index contributed by atoms with van der Waals surface area (Å²) in [6.07, 6.45) is -0.143. The molecule has 4 nitrogen and oxygen atoms in total. The molecule has 0 radical (unpaired) electrons. The number of Topliss-reactive ketones (excluding diaryl/α,β-unsaturated/α-hetero) is 1. The Labute approximate surface area is 94.1 Å². The van der Waals surface area contributed by atoms with Gasteiger partial charge in [0.05, 0.1) is 17.7 Å². The van der Waals surface area contributed by atoms with Crippen molar-refractivity contribution in [1.29, 1.82) is 5.26 Å². The lowest BCUT2D eigenvalue weighted by Gasteiger charge is -2.17. The molecule has 0 fully saturated rings. The first-order chi connectivity index (χ1) is 7.56. The van der Waals surface area contributed by atoms with Crippen molar-refractivity contribution in [2.75, 3.05) is 11.9 Å². The lowest BCUT2D eigenvalue weighted by atomic mass is 10.1. The Balaban J connectivity index is 2.96. The highest BCUT2D eigenvalue weighted by Gasteiger charge is 2.15. The molecule has 1 amide bonds. The van der Waals surface area contributed by atoms with Crippen molar-refractivity contribution in [2.24, 2.45) is 0 Å². The van der Waals surface area contributed by atoms with Gasteiger partial charge in [0.25, 0.3) is 0 Å². The summed E-state index contributed by atoms with van der Waals surface area (Å²) in [5.74, 6) is -0.499. The molecule has 0 heterocycles. The number of anilines is 1. The van der Waals surface area contributed by atoms with E-state index >= 15 is 0 Å². The second-order valence-electron chi connectivity index (χ2n) is 3.46. The van der Waals surface area contributed by atoms with E-state index in [9.17, 15) is 9.59 Å².